The molecule has 0 saturated carbocycles. The molecule has 1 aromatic rings. The highest BCUT2D eigenvalue weighted by Gasteiger charge is 2.13. The fourth-order valence-electron chi connectivity index (χ4n) is 1.90. The maximum absolute atomic E-state index is 4.31. The Balaban J connectivity index is 0.000000980. The fraction of sp³-hybridized carbons (Fsp3) is 0.700. The van der Waals surface area contributed by atoms with Crippen LogP contribution < -0.4 is 5.32 Å². The standard InChI is InChI=1S/C10H17N3.2ClH/c1-9-6-12-13(7-9)8-10-2-4-11-5-3-10;;/h6-7,10-11H,2-5,8H2,1H3;2*1H. The monoisotopic (exact) mass is 251 g/mol. The predicted molar refractivity (Wildman–Crippen MR) is 67.1 cm³/mol. The summed E-state index contributed by atoms with van der Waals surface area (Å²) < 4.78 is 2.07. The summed E-state index contributed by atoms with van der Waals surface area (Å²) in [5.41, 5.74) is 1.26. The quantitative estimate of drug-likeness (QED) is 0.872. The Hall–Kier alpha value is -0.250. The van der Waals surface area contributed by atoms with E-state index in [9.17, 15) is 0 Å². The van der Waals surface area contributed by atoms with Crippen LogP contribution in [0.4, 0.5) is 0 Å². The Morgan fingerprint density at radius 1 is 1.40 bits per heavy atom. The van der Waals surface area contributed by atoms with Gasteiger partial charge in [0.05, 0.1) is 6.20 Å². The van der Waals surface area contributed by atoms with Gasteiger partial charge in [0.15, 0.2) is 0 Å². The molecule has 0 amide bonds. The maximum atomic E-state index is 4.31. The first-order valence-electron chi connectivity index (χ1n) is 5.04. The Morgan fingerprint density at radius 2 is 2.07 bits per heavy atom. The summed E-state index contributed by atoms with van der Waals surface area (Å²) in [6.07, 6.45) is 6.64. The molecule has 0 aliphatic carbocycles. The molecule has 3 nitrogen and oxygen atoms in total. The van der Waals surface area contributed by atoms with Crippen LogP contribution in [0.1, 0.15) is 18.4 Å². The van der Waals surface area contributed by atoms with Crippen molar-refractivity contribution >= 4 is 24.8 Å². The molecule has 2 rings (SSSR count). The number of nitrogens with one attached hydrogen (secondary N) is 1. The molecule has 5 heteroatoms. The van der Waals surface area contributed by atoms with Crippen molar-refractivity contribution in [2.45, 2.75) is 26.3 Å². The van der Waals surface area contributed by atoms with Gasteiger partial charge in [0.1, 0.15) is 0 Å². The summed E-state index contributed by atoms with van der Waals surface area (Å²) in [5, 5.41) is 7.68. The molecule has 88 valence electrons. The van der Waals surface area contributed by atoms with Gasteiger partial charge in [0, 0.05) is 12.7 Å². The van der Waals surface area contributed by atoms with Crippen molar-refractivity contribution in [3.05, 3.63) is 18.0 Å². The van der Waals surface area contributed by atoms with Crippen LogP contribution in [0, 0.1) is 12.8 Å². The van der Waals surface area contributed by atoms with Crippen molar-refractivity contribution in [1.29, 1.82) is 0 Å². The van der Waals surface area contributed by atoms with E-state index in [2.05, 4.69) is 28.2 Å². The Kier molecular flexibility index (Phi) is 6.98. The summed E-state index contributed by atoms with van der Waals surface area (Å²) in [4.78, 5) is 0. The van der Waals surface area contributed by atoms with Gasteiger partial charge in [0.25, 0.3) is 0 Å². The number of hydrogen-bond donors (Lipinski definition) is 1. The number of piperidine rings is 1. The molecule has 0 bridgehead atoms. The second kappa shape index (κ2) is 7.09. The van der Waals surface area contributed by atoms with Gasteiger partial charge in [-0.1, -0.05) is 0 Å². The van der Waals surface area contributed by atoms with Gasteiger partial charge in [-0.05, 0) is 44.3 Å². The van der Waals surface area contributed by atoms with Crippen LogP contribution in [0.15, 0.2) is 12.4 Å². The summed E-state index contributed by atoms with van der Waals surface area (Å²) in [7, 11) is 0. The largest absolute Gasteiger partial charge is 0.317 e. The van der Waals surface area contributed by atoms with Crippen LogP contribution >= 0.6 is 24.8 Å². The van der Waals surface area contributed by atoms with Crippen molar-refractivity contribution in [3.63, 3.8) is 0 Å². The van der Waals surface area contributed by atoms with Crippen molar-refractivity contribution in [1.82, 2.24) is 15.1 Å². The van der Waals surface area contributed by atoms with Crippen molar-refractivity contribution in [3.8, 4) is 0 Å². The molecule has 0 spiro atoms. The average molecular weight is 252 g/mol. The zero-order chi connectivity index (χ0) is 9.10. The Labute approximate surface area is 103 Å². The molecule has 15 heavy (non-hydrogen) atoms. The number of aryl methyl sites for hydroxylation is 1. The summed E-state index contributed by atoms with van der Waals surface area (Å²) in [5.74, 6) is 0.820. The molecule has 1 aromatic heterocycles. The first kappa shape index (κ1) is 14.8. The average Bonchev–Trinajstić information content (AvgIpc) is 2.53. The smallest absolute Gasteiger partial charge is 0.0518 e. The third-order valence-corrected chi connectivity index (χ3v) is 2.67. The van der Waals surface area contributed by atoms with E-state index in [1.54, 1.807) is 0 Å². The highest BCUT2D eigenvalue weighted by molar-refractivity contribution is 5.85. The summed E-state index contributed by atoms with van der Waals surface area (Å²) in [6.45, 7) is 5.53. The van der Waals surface area contributed by atoms with E-state index in [1.165, 1.54) is 31.5 Å². The highest BCUT2D eigenvalue weighted by atomic mass is 35.5. The SMILES string of the molecule is Cc1cnn(CC2CCNCC2)c1.Cl.Cl. The van der Waals surface area contributed by atoms with Crippen molar-refractivity contribution in [2.75, 3.05) is 13.1 Å². The predicted octanol–water partition coefficient (Wildman–Crippen LogP) is 2.03. The fourth-order valence-corrected chi connectivity index (χ4v) is 1.90. The first-order valence-corrected chi connectivity index (χ1v) is 5.04. The highest BCUT2D eigenvalue weighted by Crippen LogP contribution is 2.13. The van der Waals surface area contributed by atoms with E-state index in [0.29, 0.717) is 0 Å². The lowest BCUT2D eigenvalue weighted by Gasteiger charge is -2.22. The normalized spacial score (nSPS) is 16.6. The minimum atomic E-state index is 0. The second-order valence-corrected chi connectivity index (χ2v) is 3.93. The number of aromatic nitrogens is 2. The number of hydrogen-bond acceptors (Lipinski definition) is 2. The van der Waals surface area contributed by atoms with Gasteiger partial charge in [-0.25, -0.2) is 0 Å². The summed E-state index contributed by atoms with van der Waals surface area (Å²) in [6, 6.07) is 0. The van der Waals surface area contributed by atoms with Crippen molar-refractivity contribution in [2.24, 2.45) is 5.92 Å². The van der Waals surface area contributed by atoms with Gasteiger partial charge in [-0.15, -0.1) is 24.8 Å². The van der Waals surface area contributed by atoms with Gasteiger partial charge < -0.3 is 5.32 Å². The van der Waals surface area contributed by atoms with E-state index < -0.39 is 0 Å². The van der Waals surface area contributed by atoms with Crippen LogP contribution in [0.3, 0.4) is 0 Å². The number of halogens is 2. The zero-order valence-corrected chi connectivity index (χ0v) is 10.6. The molecule has 1 fully saturated rings. The molecule has 1 saturated heterocycles. The summed E-state index contributed by atoms with van der Waals surface area (Å²) >= 11 is 0. The third-order valence-electron chi connectivity index (χ3n) is 2.67. The molecule has 1 N–H and O–H groups in total. The number of nitrogens with zero attached hydrogens (tertiary/aromatic N) is 2. The Bertz CT molecular complexity index is 269. The molecule has 0 aromatic carbocycles. The second-order valence-electron chi connectivity index (χ2n) is 3.93. The van der Waals surface area contributed by atoms with Crippen molar-refractivity contribution < 1.29 is 0 Å². The van der Waals surface area contributed by atoms with E-state index >= 15 is 0 Å². The van der Waals surface area contributed by atoms with E-state index in [1.807, 2.05) is 6.20 Å². The first-order chi connectivity index (χ1) is 6.34. The lowest BCUT2D eigenvalue weighted by atomic mass is 9.98. The van der Waals surface area contributed by atoms with E-state index in [-0.39, 0.29) is 24.8 Å². The molecule has 0 radical (unpaired) electrons. The van der Waals surface area contributed by atoms with E-state index in [4.69, 9.17) is 0 Å². The van der Waals surface area contributed by atoms with E-state index in [0.717, 1.165) is 12.5 Å². The van der Waals surface area contributed by atoms with Crippen LogP contribution in [-0.2, 0) is 6.54 Å². The van der Waals surface area contributed by atoms with Crippen LogP contribution in [-0.4, -0.2) is 22.9 Å². The van der Waals surface area contributed by atoms with Gasteiger partial charge in [0.2, 0.25) is 0 Å². The Morgan fingerprint density at radius 3 is 2.60 bits per heavy atom. The maximum Gasteiger partial charge on any atom is 0.0518 e. The van der Waals surface area contributed by atoms with Crippen LogP contribution in [0.25, 0.3) is 0 Å². The lowest BCUT2D eigenvalue weighted by Crippen LogP contribution is -2.29. The van der Waals surface area contributed by atoms with Crippen LogP contribution in [0.5, 0.6) is 0 Å². The minimum Gasteiger partial charge on any atom is -0.317 e. The molecular weight excluding hydrogens is 233 g/mol. The van der Waals surface area contributed by atoms with Crippen LogP contribution in [0.2, 0.25) is 0 Å². The lowest BCUT2D eigenvalue weighted by molar-refractivity contribution is 0.321. The third kappa shape index (κ3) is 4.41. The van der Waals surface area contributed by atoms with Gasteiger partial charge in [-0.2, -0.15) is 5.10 Å². The molecule has 0 atom stereocenters. The molecule has 1 aliphatic rings. The molecule has 1 aliphatic heterocycles. The topological polar surface area (TPSA) is 29.9 Å². The van der Waals surface area contributed by atoms with Gasteiger partial charge in [-0.3, -0.25) is 4.68 Å². The zero-order valence-electron chi connectivity index (χ0n) is 8.98. The molecule has 2 heterocycles. The molecule has 0 unspecified atom stereocenters. The number of rotatable bonds is 2. The van der Waals surface area contributed by atoms with Gasteiger partial charge >= 0.3 is 0 Å². The molecular formula is C10H19Cl2N3. The minimum absolute atomic E-state index is 0.